The van der Waals surface area contributed by atoms with E-state index in [1.54, 1.807) is 21.7 Å². The van der Waals surface area contributed by atoms with Crippen molar-refractivity contribution in [2.45, 2.75) is 24.3 Å². The van der Waals surface area contributed by atoms with Gasteiger partial charge in [0.05, 0.1) is 11.2 Å². The zero-order valence-corrected chi connectivity index (χ0v) is 18.1. The van der Waals surface area contributed by atoms with Crippen LogP contribution in [0.4, 0.5) is 0 Å². The summed E-state index contributed by atoms with van der Waals surface area (Å²) in [5, 5.41) is 22.3. The quantitative estimate of drug-likeness (QED) is 0.184. The van der Waals surface area contributed by atoms with Crippen LogP contribution in [0.15, 0.2) is 39.4 Å². The van der Waals surface area contributed by atoms with Gasteiger partial charge < -0.3 is 10.8 Å². The fraction of sp³-hybridized carbons (Fsp3) is 0.412. The number of allylic oxidation sites excluding steroid dienone is 1. The Balaban J connectivity index is 1.53. The van der Waals surface area contributed by atoms with Gasteiger partial charge in [0, 0.05) is 30.7 Å². The maximum absolute atomic E-state index is 12.1. The van der Waals surface area contributed by atoms with Crippen LogP contribution in [0.3, 0.4) is 0 Å². The summed E-state index contributed by atoms with van der Waals surface area (Å²) in [4.78, 5) is 41.1. The van der Waals surface area contributed by atoms with E-state index in [9.17, 15) is 19.5 Å². The predicted molar refractivity (Wildman–Crippen MR) is 114 cm³/mol. The highest BCUT2D eigenvalue weighted by Gasteiger charge is 2.51. The number of rotatable bonds is 7. The van der Waals surface area contributed by atoms with Gasteiger partial charge in [-0.15, -0.1) is 29.1 Å². The van der Waals surface area contributed by atoms with Crippen LogP contribution < -0.4 is 16.7 Å². The topological polar surface area (TPSA) is 164 Å². The highest BCUT2D eigenvalue weighted by Crippen LogP contribution is 2.41. The highest BCUT2D eigenvalue weighted by atomic mass is 32.2. The number of carbonyl (C=O) groups is 3. The summed E-state index contributed by atoms with van der Waals surface area (Å²) in [7, 11) is 1.81. The third-order valence-corrected chi connectivity index (χ3v) is 7.43. The molecule has 0 aromatic rings. The minimum absolute atomic E-state index is 0.00938. The molecule has 0 bridgehead atoms. The summed E-state index contributed by atoms with van der Waals surface area (Å²) >= 11 is 2.86. The normalized spacial score (nSPS) is 24.8. The van der Waals surface area contributed by atoms with Crippen LogP contribution in [0.5, 0.6) is 0 Å². The molecule has 4 rings (SSSR count). The van der Waals surface area contributed by atoms with Crippen molar-refractivity contribution >= 4 is 47.0 Å². The molecule has 0 saturated carbocycles. The third-order valence-electron chi connectivity index (χ3n) is 4.98. The number of hydrogen-bond acceptors (Lipinski definition) is 11. The van der Waals surface area contributed by atoms with Crippen molar-refractivity contribution in [1.82, 2.24) is 25.9 Å². The number of nitrogens with two attached hydrogens (primary N) is 1. The van der Waals surface area contributed by atoms with Gasteiger partial charge in [-0.1, -0.05) is 0 Å². The molecule has 1 fully saturated rings. The first-order valence-corrected chi connectivity index (χ1v) is 11.3. The Bertz CT molecular complexity index is 963. The van der Waals surface area contributed by atoms with E-state index >= 15 is 0 Å². The third kappa shape index (κ3) is 4.04. The zero-order chi connectivity index (χ0) is 22.3. The number of aliphatic carboxylic acids is 1. The van der Waals surface area contributed by atoms with Gasteiger partial charge in [0.2, 0.25) is 11.8 Å². The summed E-state index contributed by atoms with van der Waals surface area (Å²) in [5.41, 5.74) is 11.8. The van der Waals surface area contributed by atoms with Crippen molar-refractivity contribution in [2.24, 2.45) is 10.7 Å². The number of aliphatic imine (C=N–C) groups is 1. The van der Waals surface area contributed by atoms with E-state index < -0.39 is 17.9 Å². The molecule has 0 unspecified atom stereocenters. The lowest BCUT2D eigenvalue weighted by molar-refractivity contribution is -0.147. The highest BCUT2D eigenvalue weighted by molar-refractivity contribution is 8.03. The van der Waals surface area contributed by atoms with Crippen molar-refractivity contribution in [3.8, 4) is 0 Å². The summed E-state index contributed by atoms with van der Waals surface area (Å²) in [5.74, 6) is -0.579. The van der Waals surface area contributed by atoms with Crippen LogP contribution in [0.1, 0.15) is 12.8 Å². The lowest BCUT2D eigenvalue weighted by atomic mass is 10.0. The average molecular weight is 468 g/mol. The molecule has 166 valence electrons. The monoisotopic (exact) mass is 467 g/mol. The number of fused-ring (bicyclic) bond motifs is 2. The molecule has 4 heterocycles. The minimum Gasteiger partial charge on any atom is -0.477 e. The lowest BCUT2D eigenvalue weighted by Crippen LogP contribution is -2.68. The molecule has 0 aliphatic carbocycles. The van der Waals surface area contributed by atoms with Crippen LogP contribution in [-0.2, 0) is 14.4 Å². The minimum atomic E-state index is -1.14. The van der Waals surface area contributed by atoms with Gasteiger partial charge in [-0.05, 0) is 18.1 Å². The van der Waals surface area contributed by atoms with Crippen molar-refractivity contribution in [2.75, 3.05) is 18.6 Å². The number of thioether (sulfide) groups is 2. The molecule has 2 amide bonds. The Morgan fingerprint density at radius 1 is 1.48 bits per heavy atom. The van der Waals surface area contributed by atoms with Crippen LogP contribution in [-0.4, -0.2) is 78.7 Å². The number of hydrazine groups is 2. The second-order valence-electron chi connectivity index (χ2n) is 7.14. The number of carboxylic acid groups (broad SMARTS) is 1. The summed E-state index contributed by atoms with van der Waals surface area (Å²) in [6, 6.07) is -0.665. The van der Waals surface area contributed by atoms with Crippen molar-refractivity contribution in [3.05, 3.63) is 34.4 Å². The second-order valence-corrected chi connectivity index (χ2v) is 9.24. The number of carbonyl (C=O) groups excluding carboxylic acids is 2. The van der Waals surface area contributed by atoms with Gasteiger partial charge in [0.15, 0.2) is 5.82 Å². The van der Waals surface area contributed by atoms with E-state index in [1.807, 2.05) is 13.1 Å². The summed E-state index contributed by atoms with van der Waals surface area (Å²) < 4.78 is 0. The molecule has 14 heteroatoms. The second kappa shape index (κ2) is 8.55. The maximum Gasteiger partial charge on any atom is 0.352 e. The Labute approximate surface area is 185 Å². The van der Waals surface area contributed by atoms with Gasteiger partial charge in [0.25, 0.3) is 0 Å². The molecule has 12 nitrogen and oxygen atoms in total. The molecule has 4 aliphatic heterocycles. The first-order chi connectivity index (χ1) is 14.8. The molecule has 0 radical (unpaired) electrons. The standard InChI is InChI=1S/C17H21N7O5S2/c1-22-5-10-19-9(2-3-11(25)20-29)4-12(24(10)21-22)30-6-8-7-31-16-13(18)15(26)23(16)14(8)17(27)28/h4-5,13,16,21,29H,2-3,6-7,18H2,1H3,(H,20,25)(H,27,28)/t13-,16-/m1/s1. The molecule has 2 atom stereocenters. The number of amides is 2. The fourth-order valence-corrected chi connectivity index (χ4v) is 5.95. The number of β-lactam (4-membered cyclic amide) rings is 1. The van der Waals surface area contributed by atoms with E-state index in [2.05, 4.69) is 10.5 Å². The van der Waals surface area contributed by atoms with Crippen LogP contribution in [0.25, 0.3) is 0 Å². The molecule has 0 spiro atoms. The number of nitrogens with zero attached hydrogens (tertiary/aromatic N) is 4. The average Bonchev–Trinajstić information content (AvgIpc) is 3.14. The van der Waals surface area contributed by atoms with E-state index in [1.165, 1.54) is 28.4 Å². The van der Waals surface area contributed by atoms with Gasteiger partial charge >= 0.3 is 5.97 Å². The van der Waals surface area contributed by atoms with Gasteiger partial charge in [-0.25, -0.2) is 20.3 Å². The zero-order valence-electron chi connectivity index (χ0n) is 16.4. The predicted octanol–water partition coefficient (Wildman–Crippen LogP) is -0.652. The van der Waals surface area contributed by atoms with E-state index in [4.69, 9.17) is 10.9 Å². The smallest absolute Gasteiger partial charge is 0.352 e. The van der Waals surface area contributed by atoms with Crippen LogP contribution >= 0.6 is 23.5 Å². The molecule has 6 N–H and O–H groups in total. The molecule has 4 aliphatic rings. The number of nitrogens with one attached hydrogen (secondary N) is 2. The maximum atomic E-state index is 12.1. The largest absolute Gasteiger partial charge is 0.477 e. The van der Waals surface area contributed by atoms with Crippen molar-refractivity contribution in [3.63, 3.8) is 0 Å². The summed E-state index contributed by atoms with van der Waals surface area (Å²) in [6.45, 7) is 0. The number of hydrogen-bond donors (Lipinski definition) is 5. The van der Waals surface area contributed by atoms with Gasteiger partial charge in [0.1, 0.15) is 17.1 Å². The van der Waals surface area contributed by atoms with Crippen molar-refractivity contribution < 1.29 is 24.7 Å². The van der Waals surface area contributed by atoms with Crippen LogP contribution in [0, 0.1) is 0 Å². The lowest BCUT2D eigenvalue weighted by Gasteiger charge is -2.48. The Hall–Kier alpha value is -2.52. The molecule has 31 heavy (non-hydrogen) atoms. The first-order valence-electron chi connectivity index (χ1n) is 9.31. The fourth-order valence-electron chi connectivity index (χ4n) is 3.48. The molecular formula is C17H21N7O5S2. The van der Waals surface area contributed by atoms with E-state index in [0.717, 1.165) is 5.03 Å². The molecular weight excluding hydrogens is 446 g/mol. The van der Waals surface area contributed by atoms with E-state index in [-0.39, 0.29) is 23.4 Å². The molecule has 0 aromatic heterocycles. The first kappa shape index (κ1) is 21.7. The van der Waals surface area contributed by atoms with E-state index in [0.29, 0.717) is 35.0 Å². The SMILES string of the molecule is CN1C=C2N=C(CCC(=O)NO)C=C(SCC3=C(C(=O)O)N4C(=O)[C@@H](N)[C@H]4SC3)N2N1. The number of hydroxylamine groups is 1. The van der Waals surface area contributed by atoms with Crippen LogP contribution in [0.2, 0.25) is 0 Å². The molecule has 0 aromatic carbocycles. The summed E-state index contributed by atoms with van der Waals surface area (Å²) in [6.07, 6.45) is 3.99. The van der Waals surface area contributed by atoms with Crippen molar-refractivity contribution in [1.29, 1.82) is 0 Å². The Kier molecular flexibility index (Phi) is 5.98. The molecule has 1 saturated heterocycles. The van der Waals surface area contributed by atoms with Gasteiger partial charge in [-0.2, -0.15) is 0 Å². The number of carboxylic acids is 1. The van der Waals surface area contributed by atoms with Gasteiger partial charge in [-0.3, -0.25) is 24.7 Å². The Morgan fingerprint density at radius 3 is 2.97 bits per heavy atom. The Morgan fingerprint density at radius 2 is 2.26 bits per heavy atom.